The van der Waals surface area contributed by atoms with Crippen LogP contribution in [0.2, 0.25) is 0 Å². The van der Waals surface area contributed by atoms with E-state index in [4.69, 9.17) is 0 Å². The number of nitrogens with one attached hydrogen (secondary N) is 2. The number of aliphatic carboxylic acids is 1. The largest absolute Gasteiger partial charge is 0.480 e. The van der Waals surface area contributed by atoms with Crippen molar-refractivity contribution in [3.05, 3.63) is 10.5 Å². The Balaban J connectivity index is 2.79. The lowest BCUT2D eigenvalue weighted by molar-refractivity contribution is -0.144. The van der Waals surface area contributed by atoms with Crippen molar-refractivity contribution in [1.29, 1.82) is 0 Å². The Morgan fingerprint density at radius 1 is 1.57 bits per heavy atom. The third-order valence-corrected chi connectivity index (χ3v) is 4.30. The van der Waals surface area contributed by atoms with Crippen LogP contribution >= 0.6 is 11.8 Å². The molecule has 1 aromatic rings. The molecule has 0 aliphatic rings. The zero-order valence-corrected chi connectivity index (χ0v) is 13.8. The molecule has 0 saturated heterocycles. The maximum atomic E-state index is 11.6. The smallest absolute Gasteiger partial charge is 0.343 e. The van der Waals surface area contributed by atoms with Crippen LogP contribution < -0.4 is 11.0 Å². The van der Waals surface area contributed by atoms with E-state index in [-0.39, 0.29) is 10.9 Å². The van der Waals surface area contributed by atoms with Gasteiger partial charge in [-0.1, -0.05) is 32.5 Å². The number of carbonyl (C=O) groups is 1. The summed E-state index contributed by atoms with van der Waals surface area (Å²) < 4.78 is 1.59. The first-order chi connectivity index (χ1) is 9.84. The van der Waals surface area contributed by atoms with Gasteiger partial charge in [-0.25, -0.2) is 9.89 Å². The van der Waals surface area contributed by atoms with Gasteiger partial charge in [0.1, 0.15) is 5.54 Å². The Morgan fingerprint density at radius 2 is 2.24 bits per heavy atom. The van der Waals surface area contributed by atoms with Gasteiger partial charge in [0.05, 0.1) is 0 Å². The van der Waals surface area contributed by atoms with Gasteiger partial charge >= 0.3 is 11.7 Å². The fraction of sp³-hybridized carbons (Fsp3) is 0.769. The molecule has 3 N–H and O–H groups in total. The van der Waals surface area contributed by atoms with Gasteiger partial charge in [-0.15, -0.1) is 5.10 Å². The molecule has 1 rings (SSSR count). The number of thioether (sulfide) groups is 1. The first-order valence-corrected chi connectivity index (χ1v) is 8.02. The van der Waals surface area contributed by atoms with Crippen molar-refractivity contribution in [1.82, 2.24) is 20.1 Å². The summed E-state index contributed by atoms with van der Waals surface area (Å²) in [5.74, 6) is -0.871. The molecule has 0 saturated carbocycles. The molecule has 0 aromatic carbocycles. The molecule has 21 heavy (non-hydrogen) atoms. The molecule has 0 bridgehead atoms. The molecule has 0 radical (unpaired) electrons. The maximum absolute atomic E-state index is 11.6. The van der Waals surface area contributed by atoms with Crippen molar-refractivity contribution in [2.24, 2.45) is 0 Å². The SMILES string of the molecule is CCCn1c(SC(C)CC(C)(NCC)C(=O)O)n[nH]c1=O. The highest BCUT2D eigenvalue weighted by Gasteiger charge is 2.34. The summed E-state index contributed by atoms with van der Waals surface area (Å²) in [6, 6.07) is 0. The van der Waals surface area contributed by atoms with Gasteiger partial charge in [0, 0.05) is 11.8 Å². The van der Waals surface area contributed by atoms with Crippen molar-refractivity contribution < 1.29 is 9.90 Å². The van der Waals surface area contributed by atoms with Crippen LogP contribution in [0, 0.1) is 0 Å². The van der Waals surface area contributed by atoms with Crippen LogP contribution in [-0.2, 0) is 11.3 Å². The van der Waals surface area contributed by atoms with E-state index in [0.717, 1.165) is 6.42 Å². The zero-order chi connectivity index (χ0) is 16.0. The lowest BCUT2D eigenvalue weighted by atomic mass is 9.96. The highest BCUT2D eigenvalue weighted by molar-refractivity contribution is 7.99. The summed E-state index contributed by atoms with van der Waals surface area (Å²) in [6.45, 7) is 8.69. The molecule has 0 aliphatic carbocycles. The summed E-state index contributed by atoms with van der Waals surface area (Å²) in [7, 11) is 0. The lowest BCUT2D eigenvalue weighted by Gasteiger charge is -2.28. The van der Waals surface area contributed by atoms with Crippen molar-refractivity contribution in [3.8, 4) is 0 Å². The van der Waals surface area contributed by atoms with Crippen molar-refractivity contribution in [2.45, 2.75) is 63.0 Å². The van der Waals surface area contributed by atoms with Crippen LogP contribution in [-0.4, -0.2) is 43.2 Å². The second kappa shape index (κ2) is 7.65. The fourth-order valence-electron chi connectivity index (χ4n) is 2.24. The molecular formula is C13H24N4O3S. The van der Waals surface area contributed by atoms with Crippen molar-refractivity contribution in [3.63, 3.8) is 0 Å². The molecule has 1 heterocycles. The van der Waals surface area contributed by atoms with Gasteiger partial charge in [0.25, 0.3) is 0 Å². The predicted octanol–water partition coefficient (Wildman–Crippen LogP) is 1.30. The summed E-state index contributed by atoms with van der Waals surface area (Å²) in [6.07, 6.45) is 1.28. The lowest BCUT2D eigenvalue weighted by Crippen LogP contribution is -2.50. The first-order valence-electron chi connectivity index (χ1n) is 7.14. The van der Waals surface area contributed by atoms with Crippen LogP contribution in [0.5, 0.6) is 0 Å². The first kappa shape index (κ1) is 17.8. The summed E-state index contributed by atoms with van der Waals surface area (Å²) in [4.78, 5) is 23.1. The molecule has 8 heteroatoms. The number of carboxylic acids is 1. The normalized spacial score (nSPS) is 15.6. The van der Waals surface area contributed by atoms with E-state index in [9.17, 15) is 14.7 Å². The molecule has 1 aromatic heterocycles. The third-order valence-electron chi connectivity index (χ3n) is 3.21. The average molecular weight is 316 g/mol. The average Bonchev–Trinajstić information content (AvgIpc) is 2.72. The minimum atomic E-state index is -0.979. The van der Waals surface area contributed by atoms with E-state index in [1.54, 1.807) is 11.5 Å². The third kappa shape index (κ3) is 4.60. The Kier molecular flexibility index (Phi) is 6.47. The molecule has 2 atom stereocenters. The number of hydrogen-bond acceptors (Lipinski definition) is 5. The van der Waals surface area contributed by atoms with E-state index < -0.39 is 11.5 Å². The molecule has 7 nitrogen and oxygen atoms in total. The molecular weight excluding hydrogens is 292 g/mol. The second-order valence-corrected chi connectivity index (χ2v) is 6.67. The molecule has 0 spiro atoms. The number of rotatable bonds is 9. The Bertz CT molecular complexity index is 528. The van der Waals surface area contributed by atoms with E-state index in [0.29, 0.717) is 24.7 Å². The minimum absolute atomic E-state index is 0.0101. The minimum Gasteiger partial charge on any atom is -0.480 e. The van der Waals surface area contributed by atoms with E-state index >= 15 is 0 Å². The van der Waals surface area contributed by atoms with Gasteiger partial charge in [-0.05, 0) is 26.3 Å². The van der Waals surface area contributed by atoms with Gasteiger partial charge < -0.3 is 10.4 Å². The van der Waals surface area contributed by atoms with Crippen LogP contribution in [0.4, 0.5) is 0 Å². The number of aromatic amines is 1. The number of nitrogens with zero attached hydrogens (tertiary/aromatic N) is 2. The summed E-state index contributed by atoms with van der Waals surface area (Å²) in [5.41, 5.74) is -1.20. The molecule has 0 fully saturated rings. The standard InChI is InChI=1S/C13H24N4O3S/c1-5-7-17-11(20)15-16-12(17)21-9(3)8-13(4,10(18)19)14-6-2/h9,14H,5-8H2,1-4H3,(H,15,20)(H,18,19). The van der Waals surface area contributed by atoms with E-state index in [2.05, 4.69) is 15.5 Å². The van der Waals surface area contributed by atoms with Gasteiger partial charge in [-0.2, -0.15) is 0 Å². The number of aromatic nitrogens is 3. The monoisotopic (exact) mass is 316 g/mol. The highest BCUT2D eigenvalue weighted by Crippen LogP contribution is 2.27. The molecule has 0 amide bonds. The molecule has 120 valence electrons. The quantitative estimate of drug-likeness (QED) is 0.594. The Labute approximate surface area is 128 Å². The van der Waals surface area contributed by atoms with Crippen LogP contribution in [0.1, 0.15) is 40.5 Å². The number of H-pyrrole nitrogens is 1. The van der Waals surface area contributed by atoms with Crippen LogP contribution in [0.15, 0.2) is 9.95 Å². The fourth-order valence-corrected chi connectivity index (χ4v) is 3.41. The Hall–Kier alpha value is -1.28. The van der Waals surface area contributed by atoms with Crippen LogP contribution in [0.3, 0.4) is 0 Å². The number of carboxylic acid groups (broad SMARTS) is 1. The molecule has 0 aliphatic heterocycles. The van der Waals surface area contributed by atoms with Crippen molar-refractivity contribution >= 4 is 17.7 Å². The Morgan fingerprint density at radius 3 is 2.76 bits per heavy atom. The second-order valence-electron chi connectivity index (χ2n) is 5.26. The van der Waals surface area contributed by atoms with E-state index in [1.165, 1.54) is 11.8 Å². The number of hydrogen-bond donors (Lipinski definition) is 3. The summed E-state index contributed by atoms with van der Waals surface area (Å²) in [5, 5.41) is 19.5. The highest BCUT2D eigenvalue weighted by atomic mass is 32.2. The van der Waals surface area contributed by atoms with Gasteiger partial charge in [-0.3, -0.25) is 9.36 Å². The van der Waals surface area contributed by atoms with Crippen LogP contribution in [0.25, 0.3) is 0 Å². The topological polar surface area (TPSA) is 100 Å². The summed E-state index contributed by atoms with van der Waals surface area (Å²) >= 11 is 1.42. The number of likely N-dealkylation sites (N-methyl/N-ethyl adjacent to an activating group) is 1. The molecule has 2 unspecified atom stereocenters. The predicted molar refractivity (Wildman–Crippen MR) is 82.8 cm³/mol. The maximum Gasteiger partial charge on any atom is 0.343 e. The van der Waals surface area contributed by atoms with Gasteiger partial charge in [0.15, 0.2) is 5.16 Å². The van der Waals surface area contributed by atoms with Gasteiger partial charge in [0.2, 0.25) is 0 Å². The van der Waals surface area contributed by atoms with Crippen molar-refractivity contribution in [2.75, 3.05) is 6.54 Å². The van der Waals surface area contributed by atoms with E-state index in [1.807, 2.05) is 20.8 Å². The zero-order valence-electron chi connectivity index (χ0n) is 13.0.